The van der Waals surface area contributed by atoms with E-state index in [0.29, 0.717) is 18.4 Å². The van der Waals surface area contributed by atoms with Crippen molar-refractivity contribution >= 4 is 5.82 Å². The molecule has 1 heterocycles. The zero-order valence-electron chi connectivity index (χ0n) is 11.1. The maximum Gasteiger partial charge on any atom is 0.129 e. The Balaban J connectivity index is 1.89. The number of aryl methyl sites for hydroxylation is 1. The van der Waals surface area contributed by atoms with E-state index in [9.17, 15) is 5.11 Å². The van der Waals surface area contributed by atoms with E-state index in [0.717, 1.165) is 30.9 Å². The molecule has 2 atom stereocenters. The Kier molecular flexibility index (Phi) is 4.93. The predicted octanol–water partition coefficient (Wildman–Crippen LogP) is 2.25. The third-order valence-corrected chi connectivity index (χ3v) is 3.93. The van der Waals surface area contributed by atoms with Crippen molar-refractivity contribution in [3.63, 3.8) is 0 Å². The number of aliphatic hydroxyl groups excluding tert-OH is 1. The number of aromatic nitrogens is 2. The largest absolute Gasteiger partial charge is 0.396 e. The summed E-state index contributed by atoms with van der Waals surface area (Å²) in [5, 5.41) is 12.8. The van der Waals surface area contributed by atoms with Gasteiger partial charge < -0.3 is 10.4 Å². The molecule has 1 saturated carbocycles. The molecule has 0 amide bonds. The summed E-state index contributed by atoms with van der Waals surface area (Å²) in [5.41, 5.74) is 1.06. The van der Waals surface area contributed by atoms with Crippen LogP contribution >= 0.6 is 0 Å². The molecular formula is C14H23N3O. The maximum atomic E-state index is 9.39. The van der Waals surface area contributed by atoms with Gasteiger partial charge in [0.2, 0.25) is 0 Å². The van der Waals surface area contributed by atoms with Crippen LogP contribution in [0.5, 0.6) is 0 Å². The Morgan fingerprint density at radius 2 is 2.06 bits per heavy atom. The van der Waals surface area contributed by atoms with Crippen molar-refractivity contribution in [2.45, 2.75) is 39.0 Å². The average Bonchev–Trinajstić information content (AvgIpc) is 2.45. The standard InChI is InChI=1S/C14H23N3O/c1-2-13-7-14(17-10-16-13)15-8-11-5-3-4-6-12(11)9-18/h7,10-12,18H,2-6,8-9H2,1H3,(H,15,16,17). The van der Waals surface area contributed by atoms with Crippen LogP contribution in [-0.2, 0) is 6.42 Å². The highest BCUT2D eigenvalue weighted by Crippen LogP contribution is 2.29. The number of aliphatic hydroxyl groups is 1. The summed E-state index contributed by atoms with van der Waals surface area (Å²) in [6.07, 6.45) is 7.46. The molecule has 0 radical (unpaired) electrons. The lowest BCUT2D eigenvalue weighted by atomic mass is 9.79. The van der Waals surface area contributed by atoms with Crippen molar-refractivity contribution in [1.82, 2.24) is 9.97 Å². The summed E-state index contributed by atoms with van der Waals surface area (Å²) in [5.74, 6) is 1.94. The van der Waals surface area contributed by atoms with Crippen LogP contribution in [-0.4, -0.2) is 28.2 Å². The van der Waals surface area contributed by atoms with E-state index in [-0.39, 0.29) is 0 Å². The highest BCUT2D eigenvalue weighted by molar-refractivity contribution is 5.34. The van der Waals surface area contributed by atoms with Crippen LogP contribution in [0.15, 0.2) is 12.4 Å². The molecule has 1 aliphatic rings. The van der Waals surface area contributed by atoms with E-state index in [4.69, 9.17) is 0 Å². The van der Waals surface area contributed by atoms with Gasteiger partial charge in [0.25, 0.3) is 0 Å². The zero-order valence-corrected chi connectivity index (χ0v) is 11.1. The van der Waals surface area contributed by atoms with Gasteiger partial charge in [0.1, 0.15) is 12.1 Å². The first-order valence-electron chi connectivity index (χ1n) is 6.99. The Bertz CT molecular complexity index is 370. The topological polar surface area (TPSA) is 58.0 Å². The molecule has 0 saturated heterocycles. The number of nitrogens with one attached hydrogen (secondary N) is 1. The van der Waals surface area contributed by atoms with Crippen LogP contribution in [0.3, 0.4) is 0 Å². The Hall–Kier alpha value is -1.16. The number of rotatable bonds is 5. The van der Waals surface area contributed by atoms with Crippen LogP contribution in [0.4, 0.5) is 5.82 Å². The van der Waals surface area contributed by atoms with Crippen LogP contribution < -0.4 is 5.32 Å². The van der Waals surface area contributed by atoms with Gasteiger partial charge in [-0.1, -0.05) is 19.8 Å². The first-order valence-corrected chi connectivity index (χ1v) is 6.99. The van der Waals surface area contributed by atoms with Crippen LogP contribution in [0.25, 0.3) is 0 Å². The molecule has 2 unspecified atom stereocenters. The van der Waals surface area contributed by atoms with E-state index in [1.807, 2.05) is 6.07 Å². The second-order valence-corrected chi connectivity index (χ2v) is 5.12. The van der Waals surface area contributed by atoms with Gasteiger partial charge in [-0.25, -0.2) is 9.97 Å². The minimum Gasteiger partial charge on any atom is -0.396 e. The SMILES string of the molecule is CCc1cc(NCC2CCCCC2CO)ncn1. The lowest BCUT2D eigenvalue weighted by Crippen LogP contribution is -2.28. The lowest BCUT2D eigenvalue weighted by Gasteiger charge is -2.30. The van der Waals surface area contributed by atoms with E-state index in [2.05, 4.69) is 22.2 Å². The zero-order chi connectivity index (χ0) is 12.8. The summed E-state index contributed by atoms with van der Waals surface area (Å²) >= 11 is 0. The number of hydrogen-bond acceptors (Lipinski definition) is 4. The van der Waals surface area contributed by atoms with Crippen LogP contribution in [0, 0.1) is 11.8 Å². The van der Waals surface area contributed by atoms with Gasteiger partial charge in [0.05, 0.1) is 0 Å². The fraction of sp³-hybridized carbons (Fsp3) is 0.714. The molecular weight excluding hydrogens is 226 g/mol. The normalized spacial score (nSPS) is 23.9. The summed E-state index contributed by atoms with van der Waals surface area (Å²) in [6.45, 7) is 3.32. The van der Waals surface area contributed by atoms with E-state index in [1.165, 1.54) is 19.3 Å². The van der Waals surface area contributed by atoms with Gasteiger partial charge in [0.15, 0.2) is 0 Å². The fourth-order valence-electron chi connectivity index (χ4n) is 2.72. The van der Waals surface area contributed by atoms with Crippen molar-refractivity contribution in [1.29, 1.82) is 0 Å². The van der Waals surface area contributed by atoms with Gasteiger partial charge in [-0.15, -0.1) is 0 Å². The number of anilines is 1. The molecule has 18 heavy (non-hydrogen) atoms. The first kappa shape index (κ1) is 13.3. The number of hydrogen-bond donors (Lipinski definition) is 2. The van der Waals surface area contributed by atoms with E-state index in [1.54, 1.807) is 6.33 Å². The quantitative estimate of drug-likeness (QED) is 0.840. The van der Waals surface area contributed by atoms with Gasteiger partial charge in [-0.2, -0.15) is 0 Å². The van der Waals surface area contributed by atoms with Crippen molar-refractivity contribution in [2.75, 3.05) is 18.5 Å². The van der Waals surface area contributed by atoms with Crippen molar-refractivity contribution in [3.05, 3.63) is 18.1 Å². The summed E-state index contributed by atoms with van der Waals surface area (Å²) in [6, 6.07) is 2.01. The molecule has 1 aromatic rings. The minimum absolute atomic E-state index is 0.316. The second kappa shape index (κ2) is 6.69. The third-order valence-electron chi connectivity index (χ3n) is 3.93. The summed E-state index contributed by atoms with van der Waals surface area (Å²) in [4.78, 5) is 8.43. The lowest BCUT2D eigenvalue weighted by molar-refractivity contribution is 0.141. The van der Waals surface area contributed by atoms with E-state index >= 15 is 0 Å². The second-order valence-electron chi connectivity index (χ2n) is 5.12. The van der Waals surface area contributed by atoms with Crippen LogP contribution in [0.2, 0.25) is 0 Å². The average molecular weight is 249 g/mol. The van der Waals surface area contributed by atoms with Gasteiger partial charge in [-0.05, 0) is 31.1 Å². The molecule has 1 fully saturated rings. The van der Waals surface area contributed by atoms with Gasteiger partial charge in [0, 0.05) is 24.9 Å². The molecule has 4 nitrogen and oxygen atoms in total. The Morgan fingerprint density at radius 3 is 2.78 bits per heavy atom. The molecule has 2 rings (SSSR count). The molecule has 1 aromatic heterocycles. The molecule has 0 spiro atoms. The Labute approximate surface area is 109 Å². The van der Waals surface area contributed by atoms with Crippen LogP contribution in [0.1, 0.15) is 38.3 Å². The minimum atomic E-state index is 0.316. The van der Waals surface area contributed by atoms with Crippen molar-refractivity contribution in [2.24, 2.45) is 11.8 Å². The third kappa shape index (κ3) is 3.42. The van der Waals surface area contributed by atoms with Crippen molar-refractivity contribution < 1.29 is 5.11 Å². The first-order chi connectivity index (χ1) is 8.83. The highest BCUT2D eigenvalue weighted by Gasteiger charge is 2.24. The molecule has 0 aromatic carbocycles. The molecule has 0 aliphatic heterocycles. The van der Waals surface area contributed by atoms with Gasteiger partial charge >= 0.3 is 0 Å². The predicted molar refractivity (Wildman–Crippen MR) is 72.4 cm³/mol. The monoisotopic (exact) mass is 249 g/mol. The van der Waals surface area contributed by atoms with Gasteiger partial charge in [-0.3, -0.25) is 0 Å². The van der Waals surface area contributed by atoms with E-state index < -0.39 is 0 Å². The highest BCUT2D eigenvalue weighted by atomic mass is 16.3. The molecule has 0 bridgehead atoms. The number of nitrogens with zero attached hydrogens (tertiary/aromatic N) is 2. The maximum absolute atomic E-state index is 9.39. The molecule has 100 valence electrons. The fourth-order valence-corrected chi connectivity index (χ4v) is 2.72. The molecule has 2 N–H and O–H groups in total. The van der Waals surface area contributed by atoms with Crippen molar-refractivity contribution in [3.8, 4) is 0 Å². The summed E-state index contributed by atoms with van der Waals surface area (Å²) in [7, 11) is 0. The molecule has 1 aliphatic carbocycles. The molecule has 4 heteroatoms. The smallest absolute Gasteiger partial charge is 0.129 e. The Morgan fingerprint density at radius 1 is 1.28 bits per heavy atom. The summed E-state index contributed by atoms with van der Waals surface area (Å²) < 4.78 is 0.